The summed E-state index contributed by atoms with van der Waals surface area (Å²) in [5, 5.41) is 0. The van der Waals surface area contributed by atoms with E-state index in [-0.39, 0.29) is 5.56 Å². The van der Waals surface area contributed by atoms with Crippen molar-refractivity contribution in [3.63, 3.8) is 0 Å². The summed E-state index contributed by atoms with van der Waals surface area (Å²) in [5.74, 6) is 0. The lowest BCUT2D eigenvalue weighted by molar-refractivity contribution is 1.01. The Balaban J connectivity index is 2.83. The first-order chi connectivity index (χ1) is 5.81. The van der Waals surface area contributed by atoms with E-state index in [0.717, 1.165) is 11.3 Å². The van der Waals surface area contributed by atoms with E-state index >= 15 is 0 Å². The Morgan fingerprint density at radius 3 is 3.00 bits per heavy atom. The van der Waals surface area contributed by atoms with Gasteiger partial charge in [0.15, 0.2) is 0 Å². The van der Waals surface area contributed by atoms with E-state index in [0.29, 0.717) is 6.54 Å². The molecule has 0 saturated heterocycles. The number of rotatable bonds is 1. The van der Waals surface area contributed by atoms with Crippen molar-refractivity contribution < 1.29 is 0 Å². The maximum absolute atomic E-state index is 11.2. The van der Waals surface area contributed by atoms with Crippen molar-refractivity contribution in [1.29, 1.82) is 0 Å². The number of nitrogens with one attached hydrogen (secondary N) is 1. The number of aromatic nitrogens is 2. The van der Waals surface area contributed by atoms with Crippen molar-refractivity contribution in [3.8, 4) is 0 Å². The minimum atomic E-state index is -0.0385. The van der Waals surface area contributed by atoms with Crippen LogP contribution in [0.1, 0.15) is 5.69 Å². The number of pyridine rings is 1. The van der Waals surface area contributed by atoms with Crippen molar-refractivity contribution >= 4 is 5.65 Å². The Hall–Kier alpha value is -1.55. The fourth-order valence-electron chi connectivity index (χ4n) is 1.19. The summed E-state index contributed by atoms with van der Waals surface area (Å²) in [4.78, 5) is 14.2. The Bertz CT molecular complexity index is 455. The van der Waals surface area contributed by atoms with Gasteiger partial charge in [0.1, 0.15) is 5.65 Å². The number of imidazole rings is 1. The zero-order chi connectivity index (χ0) is 8.55. The van der Waals surface area contributed by atoms with Crippen LogP contribution in [0.5, 0.6) is 0 Å². The average molecular weight is 163 g/mol. The van der Waals surface area contributed by atoms with Crippen molar-refractivity contribution in [3.05, 3.63) is 40.4 Å². The smallest absolute Gasteiger partial charge is 0.256 e. The molecule has 0 unspecified atom stereocenters. The molecule has 0 aliphatic rings. The zero-order valence-corrected chi connectivity index (χ0v) is 6.45. The molecule has 0 aromatic carbocycles. The van der Waals surface area contributed by atoms with Crippen LogP contribution in [0.2, 0.25) is 0 Å². The Morgan fingerprint density at radius 1 is 1.50 bits per heavy atom. The largest absolute Gasteiger partial charge is 0.342 e. The highest BCUT2D eigenvalue weighted by Crippen LogP contribution is 1.99. The molecule has 0 atom stereocenters. The molecule has 0 aliphatic heterocycles. The predicted octanol–water partition coefficient (Wildman–Crippen LogP) is 0.0863. The molecule has 62 valence electrons. The van der Waals surface area contributed by atoms with Gasteiger partial charge in [-0.2, -0.15) is 0 Å². The first-order valence-corrected chi connectivity index (χ1v) is 3.70. The van der Waals surface area contributed by atoms with Crippen molar-refractivity contribution in [1.82, 2.24) is 9.38 Å². The van der Waals surface area contributed by atoms with E-state index in [1.165, 1.54) is 6.07 Å². The quantitative estimate of drug-likeness (QED) is 0.625. The third-order valence-corrected chi connectivity index (χ3v) is 1.78. The van der Waals surface area contributed by atoms with Crippen LogP contribution >= 0.6 is 0 Å². The maximum Gasteiger partial charge on any atom is 0.256 e. The Morgan fingerprint density at radius 2 is 2.33 bits per heavy atom. The molecule has 3 N–H and O–H groups in total. The minimum Gasteiger partial charge on any atom is -0.342 e. The van der Waals surface area contributed by atoms with Gasteiger partial charge in [-0.3, -0.25) is 9.20 Å². The van der Waals surface area contributed by atoms with Crippen LogP contribution in [0.15, 0.2) is 29.2 Å². The van der Waals surface area contributed by atoms with Gasteiger partial charge in [0.05, 0.1) is 0 Å². The van der Waals surface area contributed by atoms with Crippen LogP contribution in [0.25, 0.3) is 5.65 Å². The van der Waals surface area contributed by atoms with E-state index in [2.05, 4.69) is 4.98 Å². The van der Waals surface area contributed by atoms with Crippen LogP contribution in [-0.2, 0) is 6.54 Å². The standard InChI is InChI=1S/C8H9N3O/c9-4-6-5-11-7(10-6)2-1-3-8(11)12/h1-3,5,10H,4,9H2. The lowest BCUT2D eigenvalue weighted by Gasteiger charge is -1.87. The molecule has 0 saturated carbocycles. The molecule has 0 fully saturated rings. The summed E-state index contributed by atoms with van der Waals surface area (Å²) in [6, 6.07) is 5.07. The van der Waals surface area contributed by atoms with Gasteiger partial charge in [-0.25, -0.2) is 0 Å². The molecule has 0 radical (unpaired) electrons. The number of fused-ring (bicyclic) bond motifs is 1. The highest BCUT2D eigenvalue weighted by molar-refractivity contribution is 5.39. The van der Waals surface area contributed by atoms with Crippen LogP contribution in [0.4, 0.5) is 0 Å². The van der Waals surface area contributed by atoms with Gasteiger partial charge < -0.3 is 10.7 Å². The van der Waals surface area contributed by atoms with Gasteiger partial charge in [-0.1, -0.05) is 6.07 Å². The first kappa shape index (κ1) is 7.12. The minimum absolute atomic E-state index is 0.0385. The van der Waals surface area contributed by atoms with Gasteiger partial charge in [0, 0.05) is 24.5 Å². The summed E-state index contributed by atoms with van der Waals surface area (Å²) in [5.41, 5.74) is 7.02. The lowest BCUT2D eigenvalue weighted by Crippen LogP contribution is -2.08. The van der Waals surface area contributed by atoms with E-state index < -0.39 is 0 Å². The maximum atomic E-state index is 11.2. The van der Waals surface area contributed by atoms with E-state index in [4.69, 9.17) is 5.73 Å². The Kier molecular flexibility index (Phi) is 1.48. The highest BCUT2D eigenvalue weighted by Gasteiger charge is 1.98. The van der Waals surface area contributed by atoms with Crippen LogP contribution < -0.4 is 11.3 Å². The number of hydrogen-bond donors (Lipinski definition) is 2. The van der Waals surface area contributed by atoms with Gasteiger partial charge >= 0.3 is 0 Å². The SMILES string of the molecule is NCc1cn2c(=O)cccc2[nH]1. The number of aromatic amines is 1. The van der Waals surface area contributed by atoms with Crippen LogP contribution in [-0.4, -0.2) is 9.38 Å². The molecular weight excluding hydrogens is 154 g/mol. The summed E-state index contributed by atoms with van der Waals surface area (Å²) in [6.45, 7) is 0.418. The van der Waals surface area contributed by atoms with Gasteiger partial charge in [0.25, 0.3) is 5.56 Å². The molecule has 0 amide bonds. The summed E-state index contributed by atoms with van der Waals surface area (Å²) >= 11 is 0. The third kappa shape index (κ3) is 0.931. The van der Waals surface area contributed by atoms with Gasteiger partial charge in [-0.05, 0) is 6.07 Å². The van der Waals surface area contributed by atoms with E-state index in [9.17, 15) is 4.79 Å². The average Bonchev–Trinajstić information content (AvgIpc) is 2.49. The second-order valence-electron chi connectivity index (χ2n) is 2.60. The fourth-order valence-corrected chi connectivity index (χ4v) is 1.19. The van der Waals surface area contributed by atoms with Crippen LogP contribution in [0.3, 0.4) is 0 Å². The molecule has 2 rings (SSSR count). The third-order valence-electron chi connectivity index (χ3n) is 1.78. The fraction of sp³-hybridized carbons (Fsp3) is 0.125. The molecule has 12 heavy (non-hydrogen) atoms. The monoisotopic (exact) mass is 163 g/mol. The van der Waals surface area contributed by atoms with Crippen molar-refractivity contribution in [2.24, 2.45) is 5.73 Å². The van der Waals surface area contributed by atoms with Crippen molar-refractivity contribution in [2.45, 2.75) is 6.54 Å². The second-order valence-corrected chi connectivity index (χ2v) is 2.60. The van der Waals surface area contributed by atoms with Gasteiger partial charge in [-0.15, -0.1) is 0 Å². The highest BCUT2D eigenvalue weighted by atomic mass is 16.1. The van der Waals surface area contributed by atoms with E-state index in [1.54, 1.807) is 16.7 Å². The topological polar surface area (TPSA) is 63.3 Å². The molecule has 2 heterocycles. The van der Waals surface area contributed by atoms with Crippen LogP contribution in [0, 0.1) is 0 Å². The number of nitrogens with zero attached hydrogens (tertiary/aromatic N) is 1. The normalized spacial score (nSPS) is 10.8. The molecule has 4 nitrogen and oxygen atoms in total. The molecule has 2 aromatic rings. The van der Waals surface area contributed by atoms with Crippen molar-refractivity contribution in [2.75, 3.05) is 0 Å². The van der Waals surface area contributed by atoms with E-state index in [1.807, 2.05) is 6.07 Å². The summed E-state index contributed by atoms with van der Waals surface area (Å²) in [6.07, 6.45) is 1.72. The predicted molar refractivity (Wildman–Crippen MR) is 45.9 cm³/mol. The first-order valence-electron chi connectivity index (χ1n) is 3.70. The molecule has 0 spiro atoms. The molecule has 0 bridgehead atoms. The number of hydrogen-bond acceptors (Lipinski definition) is 2. The molecule has 0 aliphatic carbocycles. The summed E-state index contributed by atoms with van der Waals surface area (Å²) in [7, 11) is 0. The molecule has 2 aromatic heterocycles. The molecular formula is C8H9N3O. The second kappa shape index (κ2) is 2.49. The summed E-state index contributed by atoms with van der Waals surface area (Å²) < 4.78 is 1.54. The lowest BCUT2D eigenvalue weighted by atomic mass is 10.5. The molecule has 4 heteroatoms. The number of nitrogens with two attached hydrogens (primary N) is 1. The Labute approximate surface area is 68.6 Å². The zero-order valence-electron chi connectivity index (χ0n) is 6.45. The number of H-pyrrole nitrogens is 1. The van der Waals surface area contributed by atoms with Gasteiger partial charge in [0.2, 0.25) is 0 Å².